The van der Waals surface area contributed by atoms with Gasteiger partial charge in [0.2, 0.25) is 11.7 Å². The summed E-state index contributed by atoms with van der Waals surface area (Å²) in [6.45, 7) is 2.85. The molecule has 1 amide bonds. The SMILES string of the molecule is COC1CCC(NC/C=C/C(=O)Nc2c(F)cc(C(=O)c3ccc4c(-c5c(C)cc6c(nc(COC(=O)/C=C/CNC7CCC(OC)CC7)n6C)c5Cl)cccn34)cc2F)CC1. The quantitative estimate of drug-likeness (QED) is 0.0510. The molecule has 0 bridgehead atoms. The average molecular weight is 871 g/mol. The number of anilines is 1. The van der Waals surface area contributed by atoms with Gasteiger partial charge in [-0.05, 0) is 100 Å². The molecule has 0 atom stereocenters. The van der Waals surface area contributed by atoms with Gasteiger partial charge < -0.3 is 39.1 Å². The molecule has 62 heavy (non-hydrogen) atoms. The van der Waals surface area contributed by atoms with E-state index in [0.717, 1.165) is 74.6 Å². The van der Waals surface area contributed by atoms with Crippen LogP contribution in [0, 0.1) is 18.6 Å². The van der Waals surface area contributed by atoms with Gasteiger partial charge in [0.05, 0.1) is 34.0 Å². The third kappa shape index (κ3) is 10.2. The predicted octanol–water partition coefficient (Wildman–Crippen LogP) is 8.15. The van der Waals surface area contributed by atoms with Crippen LogP contribution >= 0.6 is 11.6 Å². The minimum atomic E-state index is -1.08. The number of hydrogen-bond donors (Lipinski definition) is 3. The highest BCUT2D eigenvalue weighted by Gasteiger charge is 2.24. The summed E-state index contributed by atoms with van der Waals surface area (Å²) in [5, 5.41) is 9.46. The number of aromatic nitrogens is 3. The van der Waals surface area contributed by atoms with Gasteiger partial charge in [0.25, 0.3) is 0 Å². The molecule has 2 saturated carbocycles. The second-order valence-corrected chi connectivity index (χ2v) is 16.4. The number of ketones is 1. The Hall–Kier alpha value is -5.25. The molecule has 3 N–H and O–H groups in total. The fraction of sp³-hybridized carbons (Fsp3) is 0.404. The highest BCUT2D eigenvalue weighted by molar-refractivity contribution is 6.38. The van der Waals surface area contributed by atoms with Crippen LogP contribution in [-0.4, -0.2) is 83.2 Å². The third-order valence-electron chi connectivity index (χ3n) is 12.1. The van der Waals surface area contributed by atoms with Gasteiger partial charge in [0.1, 0.15) is 35.3 Å². The molecule has 0 unspecified atom stereocenters. The maximum atomic E-state index is 15.3. The predicted molar refractivity (Wildman–Crippen MR) is 235 cm³/mol. The van der Waals surface area contributed by atoms with Crippen molar-refractivity contribution in [1.29, 1.82) is 0 Å². The first kappa shape index (κ1) is 44.8. The summed E-state index contributed by atoms with van der Waals surface area (Å²) in [5.41, 5.74) is 3.41. The van der Waals surface area contributed by atoms with Gasteiger partial charge in [-0.3, -0.25) is 9.59 Å². The molecule has 2 aliphatic rings. The van der Waals surface area contributed by atoms with Crippen molar-refractivity contribution in [3.05, 3.63) is 112 Å². The van der Waals surface area contributed by atoms with Crippen LogP contribution in [0.15, 0.2) is 73.0 Å². The number of nitrogens with zero attached hydrogens (tertiary/aromatic N) is 3. The van der Waals surface area contributed by atoms with E-state index in [1.807, 2.05) is 30.7 Å². The zero-order valence-corrected chi connectivity index (χ0v) is 36.2. The number of hydrogen-bond acceptors (Lipinski definition) is 9. The topological polar surface area (TPSA) is 137 Å². The summed E-state index contributed by atoms with van der Waals surface area (Å²) in [7, 11) is 5.30. The van der Waals surface area contributed by atoms with Crippen molar-refractivity contribution in [2.75, 3.05) is 32.6 Å². The number of pyridine rings is 1. The van der Waals surface area contributed by atoms with Gasteiger partial charge in [-0.25, -0.2) is 18.6 Å². The fourth-order valence-corrected chi connectivity index (χ4v) is 8.96. The monoisotopic (exact) mass is 870 g/mol. The maximum Gasteiger partial charge on any atom is 0.330 e. The number of rotatable bonds is 16. The summed E-state index contributed by atoms with van der Waals surface area (Å²) in [6.07, 6.45) is 16.3. The Labute approximate surface area is 364 Å². The third-order valence-corrected chi connectivity index (χ3v) is 12.5. The molecular weight excluding hydrogens is 818 g/mol. The van der Waals surface area contributed by atoms with Crippen molar-refractivity contribution in [2.45, 2.75) is 89.2 Å². The van der Waals surface area contributed by atoms with Crippen molar-refractivity contribution in [3.8, 4) is 11.1 Å². The highest BCUT2D eigenvalue weighted by Crippen LogP contribution is 2.40. The number of benzene rings is 2. The van der Waals surface area contributed by atoms with Gasteiger partial charge in [0.15, 0.2) is 0 Å². The minimum absolute atomic E-state index is 0.0620. The number of carbonyl (C=O) groups is 3. The van der Waals surface area contributed by atoms with E-state index in [1.54, 1.807) is 55.2 Å². The van der Waals surface area contributed by atoms with E-state index in [9.17, 15) is 14.4 Å². The summed E-state index contributed by atoms with van der Waals surface area (Å²) in [6, 6.07) is 11.5. The van der Waals surface area contributed by atoms with Crippen LogP contribution in [0.1, 0.15) is 78.8 Å². The van der Waals surface area contributed by atoms with Crippen molar-refractivity contribution in [1.82, 2.24) is 24.6 Å². The standard InChI is InChI=1S/C47H53ClF2N6O6/c1-28-24-39-46(53-40(55(39)2)27-62-42(58)10-6-22-52-31-13-17-33(61-4)18-14-31)44(48)43(28)34-8-7-23-56-37(34)19-20-38(56)47(59)29-25-35(49)45(36(50)26-29)54-41(57)9-5-21-51-30-11-15-32(60-3)16-12-30/h5-10,19-20,23-26,30-33,51-52H,11-18,21-22,27H2,1-4H3,(H,54,57)/b9-5+,10-6+. The summed E-state index contributed by atoms with van der Waals surface area (Å²) < 4.78 is 50.5. The lowest BCUT2D eigenvalue weighted by Gasteiger charge is -2.27. The van der Waals surface area contributed by atoms with Gasteiger partial charge in [-0.2, -0.15) is 0 Å². The molecule has 5 aromatic rings. The lowest BCUT2D eigenvalue weighted by molar-refractivity contribution is -0.139. The molecule has 15 heteroatoms. The Morgan fingerprint density at radius 3 is 2.08 bits per heavy atom. The molecule has 0 radical (unpaired) electrons. The molecule has 2 aromatic carbocycles. The second-order valence-electron chi connectivity index (χ2n) is 16.0. The number of halogens is 3. The Kier molecular flexibility index (Phi) is 14.7. The zero-order valence-electron chi connectivity index (χ0n) is 35.4. The second kappa shape index (κ2) is 20.3. The van der Waals surface area contributed by atoms with E-state index >= 15 is 8.78 Å². The van der Waals surface area contributed by atoms with Gasteiger partial charge >= 0.3 is 5.97 Å². The number of imidazole rings is 1. The number of aryl methyl sites for hydroxylation is 2. The molecule has 0 spiro atoms. The fourth-order valence-electron chi connectivity index (χ4n) is 8.57. The molecular formula is C47H53ClF2N6O6. The van der Waals surface area contributed by atoms with Crippen LogP contribution in [0.3, 0.4) is 0 Å². The van der Waals surface area contributed by atoms with Gasteiger partial charge in [-0.15, -0.1) is 0 Å². The van der Waals surface area contributed by atoms with E-state index in [2.05, 4.69) is 16.0 Å². The van der Waals surface area contributed by atoms with Crippen molar-refractivity contribution >= 4 is 51.5 Å². The number of esters is 1. The number of nitrogens with one attached hydrogen (secondary N) is 3. The molecule has 7 rings (SSSR count). The van der Waals surface area contributed by atoms with E-state index in [1.165, 1.54) is 12.2 Å². The number of methoxy groups -OCH3 is 2. The van der Waals surface area contributed by atoms with Crippen LogP contribution in [0.5, 0.6) is 0 Å². The summed E-state index contributed by atoms with van der Waals surface area (Å²) in [5.74, 6) is -3.45. The summed E-state index contributed by atoms with van der Waals surface area (Å²) >= 11 is 7.11. The molecule has 3 heterocycles. The molecule has 0 saturated heterocycles. The first-order valence-electron chi connectivity index (χ1n) is 21.1. The lowest BCUT2D eigenvalue weighted by atomic mass is 9.93. The molecule has 12 nitrogen and oxygen atoms in total. The Balaban J connectivity index is 1.01. The molecule has 3 aromatic heterocycles. The first-order valence-corrected chi connectivity index (χ1v) is 21.4. The molecule has 2 aliphatic carbocycles. The number of carbonyl (C=O) groups excluding carboxylic acids is 3. The molecule has 0 aliphatic heterocycles. The average Bonchev–Trinajstić information content (AvgIpc) is 3.85. The number of fused-ring (bicyclic) bond motifs is 2. The van der Waals surface area contributed by atoms with E-state index in [0.29, 0.717) is 64.3 Å². The minimum Gasteiger partial charge on any atom is -0.454 e. The van der Waals surface area contributed by atoms with Gasteiger partial charge in [-0.1, -0.05) is 29.8 Å². The molecule has 328 valence electrons. The number of ether oxygens (including phenoxy) is 3. The van der Waals surface area contributed by atoms with Crippen LogP contribution in [0.2, 0.25) is 5.02 Å². The first-order chi connectivity index (χ1) is 29.9. The zero-order chi connectivity index (χ0) is 43.9. The van der Waals surface area contributed by atoms with Crippen LogP contribution in [-0.2, 0) is 37.5 Å². The number of amides is 1. The van der Waals surface area contributed by atoms with E-state index < -0.39 is 35.0 Å². The smallest absolute Gasteiger partial charge is 0.330 e. The van der Waals surface area contributed by atoms with Gasteiger partial charge in [0, 0.05) is 81.5 Å². The Morgan fingerprint density at radius 2 is 1.47 bits per heavy atom. The van der Waals surface area contributed by atoms with Crippen LogP contribution in [0.4, 0.5) is 14.5 Å². The normalized spacial score (nSPS) is 19.5. The van der Waals surface area contributed by atoms with Crippen LogP contribution < -0.4 is 16.0 Å². The summed E-state index contributed by atoms with van der Waals surface area (Å²) in [4.78, 5) is 43.7. The largest absolute Gasteiger partial charge is 0.454 e. The molecule has 2 fully saturated rings. The Bertz CT molecular complexity index is 2480. The van der Waals surface area contributed by atoms with Crippen molar-refractivity contribution in [2.24, 2.45) is 7.05 Å². The Morgan fingerprint density at radius 1 is 0.855 bits per heavy atom. The maximum absolute atomic E-state index is 15.3. The van der Waals surface area contributed by atoms with Crippen molar-refractivity contribution < 1.29 is 37.4 Å². The lowest BCUT2D eigenvalue weighted by Crippen LogP contribution is -2.35. The highest BCUT2D eigenvalue weighted by atomic mass is 35.5. The van der Waals surface area contributed by atoms with Crippen molar-refractivity contribution in [3.63, 3.8) is 0 Å². The van der Waals surface area contributed by atoms with E-state index in [4.69, 9.17) is 30.8 Å². The van der Waals surface area contributed by atoms with E-state index in [-0.39, 0.29) is 24.0 Å². The van der Waals surface area contributed by atoms with Crippen LogP contribution in [0.25, 0.3) is 27.7 Å².